The van der Waals surface area contributed by atoms with Gasteiger partial charge in [-0.15, -0.1) is 6.58 Å². The van der Waals surface area contributed by atoms with Crippen molar-refractivity contribution >= 4 is 18.1 Å². The average Bonchev–Trinajstić information content (AvgIpc) is 2.03. The van der Waals surface area contributed by atoms with Crippen molar-refractivity contribution in [2.24, 2.45) is 5.73 Å². The van der Waals surface area contributed by atoms with E-state index < -0.39 is 18.0 Å². The van der Waals surface area contributed by atoms with Gasteiger partial charge in [0.25, 0.3) is 5.78 Å². The number of carbonyl (C=O) groups excluding carboxylic acids is 2. The molecule has 0 spiro atoms. The molecule has 0 aromatic carbocycles. The van der Waals surface area contributed by atoms with E-state index in [0.29, 0.717) is 6.21 Å². The molecule has 0 saturated carbocycles. The summed E-state index contributed by atoms with van der Waals surface area (Å²) in [7, 11) is 0. The molecule has 0 aromatic rings. The molecule has 0 aliphatic heterocycles. The monoisotopic (exact) mass is 183 g/mol. The van der Waals surface area contributed by atoms with E-state index >= 15 is 0 Å². The highest BCUT2D eigenvalue weighted by Crippen LogP contribution is 1.99. The van der Waals surface area contributed by atoms with Crippen molar-refractivity contribution in [1.82, 2.24) is 0 Å². The van der Waals surface area contributed by atoms with Gasteiger partial charge in [-0.3, -0.25) is 4.79 Å². The lowest BCUT2D eigenvalue weighted by Gasteiger charge is -2.08. The normalized spacial score (nSPS) is 10.8. The standard InChI is InChI=1S/C7H9N3O3/c1-2-3-6(13-7(8)12)5(11)4-10-9/h2,4,6H,1,3H2,(H2,8,12)/t6-/m0/s1. The molecule has 0 bridgehead atoms. The van der Waals surface area contributed by atoms with Gasteiger partial charge >= 0.3 is 12.3 Å². The predicted octanol–water partition coefficient (Wildman–Crippen LogP) is -0.104. The van der Waals surface area contributed by atoms with Gasteiger partial charge in [0.05, 0.1) is 0 Å². The zero-order valence-electron chi connectivity index (χ0n) is 6.84. The van der Waals surface area contributed by atoms with E-state index in [-0.39, 0.29) is 6.42 Å². The van der Waals surface area contributed by atoms with E-state index in [4.69, 9.17) is 11.3 Å². The fourth-order valence-electron chi connectivity index (χ4n) is 0.654. The summed E-state index contributed by atoms with van der Waals surface area (Å²) in [5.74, 6) is -0.652. The third-order valence-electron chi connectivity index (χ3n) is 1.14. The first-order chi connectivity index (χ1) is 6.11. The lowest BCUT2D eigenvalue weighted by atomic mass is 10.2. The largest absolute Gasteiger partial charge is 0.437 e. The minimum Gasteiger partial charge on any atom is -0.437 e. The molecule has 0 heterocycles. The van der Waals surface area contributed by atoms with Gasteiger partial charge in [0, 0.05) is 6.42 Å². The Morgan fingerprint density at radius 3 is 2.69 bits per heavy atom. The fraction of sp³-hybridized carbons (Fsp3) is 0.286. The van der Waals surface area contributed by atoms with Crippen molar-refractivity contribution in [2.45, 2.75) is 12.5 Å². The van der Waals surface area contributed by atoms with Gasteiger partial charge in [-0.2, -0.15) is 4.79 Å². The van der Waals surface area contributed by atoms with Crippen molar-refractivity contribution in [3.05, 3.63) is 18.2 Å². The molecule has 0 aromatic heterocycles. The van der Waals surface area contributed by atoms with E-state index in [0.717, 1.165) is 0 Å². The van der Waals surface area contributed by atoms with Gasteiger partial charge in [0.1, 0.15) is 0 Å². The Balaban J connectivity index is 4.39. The highest BCUT2D eigenvalue weighted by atomic mass is 16.6. The molecule has 6 heteroatoms. The molecule has 0 radical (unpaired) electrons. The SMILES string of the molecule is C=CC[C@H](OC(N)=O)C(=O)C=[N+]=[N-]. The van der Waals surface area contributed by atoms with E-state index in [9.17, 15) is 9.59 Å². The van der Waals surface area contributed by atoms with Crippen molar-refractivity contribution < 1.29 is 19.1 Å². The Morgan fingerprint density at radius 1 is 1.69 bits per heavy atom. The Kier molecular flexibility index (Phi) is 4.83. The Morgan fingerprint density at radius 2 is 2.31 bits per heavy atom. The quantitative estimate of drug-likeness (QED) is 0.278. The van der Waals surface area contributed by atoms with Crippen LogP contribution in [0.3, 0.4) is 0 Å². The minimum absolute atomic E-state index is 0.119. The third kappa shape index (κ3) is 4.49. The van der Waals surface area contributed by atoms with Crippen molar-refractivity contribution in [2.75, 3.05) is 0 Å². The highest BCUT2D eigenvalue weighted by molar-refractivity contribution is 6.27. The van der Waals surface area contributed by atoms with Crippen LogP contribution in [0.1, 0.15) is 6.42 Å². The summed E-state index contributed by atoms with van der Waals surface area (Å²) in [6, 6.07) is 0. The number of hydrogen-bond acceptors (Lipinski definition) is 3. The molecule has 0 rings (SSSR count). The summed E-state index contributed by atoms with van der Waals surface area (Å²) >= 11 is 0. The number of carbonyl (C=O) groups is 2. The smallest absolute Gasteiger partial charge is 0.405 e. The molecule has 2 N–H and O–H groups in total. The average molecular weight is 183 g/mol. The minimum atomic E-state index is -1.06. The second kappa shape index (κ2) is 5.68. The molecule has 0 aliphatic carbocycles. The summed E-state index contributed by atoms with van der Waals surface area (Å²) in [5.41, 5.74) is 12.7. The zero-order chi connectivity index (χ0) is 10.3. The van der Waals surface area contributed by atoms with Gasteiger partial charge in [-0.1, -0.05) is 6.08 Å². The van der Waals surface area contributed by atoms with E-state index in [1.807, 2.05) is 0 Å². The maximum absolute atomic E-state index is 11.0. The van der Waals surface area contributed by atoms with Gasteiger partial charge in [-0.05, 0) is 0 Å². The van der Waals surface area contributed by atoms with Crippen molar-refractivity contribution in [3.63, 3.8) is 0 Å². The van der Waals surface area contributed by atoms with Crippen LogP contribution in [0, 0.1) is 0 Å². The first-order valence-corrected chi connectivity index (χ1v) is 3.40. The lowest BCUT2D eigenvalue weighted by Crippen LogP contribution is -2.30. The Labute approximate surface area is 74.6 Å². The predicted molar refractivity (Wildman–Crippen MR) is 44.0 cm³/mol. The molecule has 70 valence electrons. The number of Topliss-reactive ketones (excluding diaryl/α,β-unsaturated/α-hetero) is 1. The number of ether oxygens (including phenoxy) is 1. The van der Waals surface area contributed by atoms with Gasteiger partial charge in [0.2, 0.25) is 0 Å². The summed E-state index contributed by atoms with van der Waals surface area (Å²) in [4.78, 5) is 23.8. The molecule has 0 fully saturated rings. The molecular weight excluding hydrogens is 174 g/mol. The number of nitrogens with two attached hydrogens (primary N) is 1. The molecular formula is C7H9N3O3. The van der Waals surface area contributed by atoms with E-state index in [2.05, 4.69) is 16.1 Å². The fourth-order valence-corrected chi connectivity index (χ4v) is 0.654. The first kappa shape index (κ1) is 11.1. The van der Waals surface area contributed by atoms with Crippen molar-refractivity contribution in [3.8, 4) is 0 Å². The van der Waals surface area contributed by atoms with E-state index in [1.165, 1.54) is 6.08 Å². The number of nitrogens with zero attached hydrogens (tertiary/aromatic N) is 2. The molecule has 13 heavy (non-hydrogen) atoms. The third-order valence-corrected chi connectivity index (χ3v) is 1.14. The van der Waals surface area contributed by atoms with Crippen LogP contribution < -0.4 is 5.73 Å². The molecule has 1 amide bonds. The van der Waals surface area contributed by atoms with Crippen LogP contribution in [-0.2, 0) is 9.53 Å². The summed E-state index contributed by atoms with van der Waals surface area (Å²) in [6.07, 6.45) is 0.0131. The zero-order valence-corrected chi connectivity index (χ0v) is 6.84. The summed E-state index contributed by atoms with van der Waals surface area (Å²) < 4.78 is 4.42. The molecule has 0 saturated heterocycles. The first-order valence-electron chi connectivity index (χ1n) is 3.40. The second-order valence-electron chi connectivity index (χ2n) is 2.10. The second-order valence-corrected chi connectivity index (χ2v) is 2.10. The maximum Gasteiger partial charge on any atom is 0.405 e. The van der Waals surface area contributed by atoms with Crippen LogP contribution in [0.15, 0.2) is 12.7 Å². The molecule has 0 aliphatic rings. The van der Waals surface area contributed by atoms with E-state index in [1.54, 1.807) is 0 Å². The number of ketones is 1. The molecule has 6 nitrogen and oxygen atoms in total. The van der Waals surface area contributed by atoms with Gasteiger partial charge in [0.15, 0.2) is 6.10 Å². The molecule has 1 atom stereocenters. The van der Waals surface area contributed by atoms with Crippen LogP contribution in [0.5, 0.6) is 0 Å². The van der Waals surface area contributed by atoms with Gasteiger partial charge < -0.3 is 16.0 Å². The number of rotatable bonds is 5. The van der Waals surface area contributed by atoms with Crippen LogP contribution in [0.25, 0.3) is 5.53 Å². The number of amides is 1. The van der Waals surface area contributed by atoms with Crippen LogP contribution in [0.2, 0.25) is 0 Å². The number of primary amides is 1. The maximum atomic E-state index is 11.0. The topological polar surface area (TPSA) is 106 Å². The van der Waals surface area contributed by atoms with Crippen LogP contribution >= 0.6 is 0 Å². The number of hydrogen-bond donors (Lipinski definition) is 1. The molecule has 0 unspecified atom stereocenters. The van der Waals surface area contributed by atoms with Crippen LogP contribution in [0.4, 0.5) is 4.79 Å². The summed E-state index contributed by atoms with van der Waals surface area (Å²) in [5, 5.41) is 0. The lowest BCUT2D eigenvalue weighted by molar-refractivity contribution is -0.123. The summed E-state index contributed by atoms with van der Waals surface area (Å²) in [6.45, 7) is 3.36. The van der Waals surface area contributed by atoms with Gasteiger partial charge in [-0.25, -0.2) is 4.79 Å². The Bertz CT molecular complexity index is 268. The van der Waals surface area contributed by atoms with Crippen molar-refractivity contribution in [1.29, 1.82) is 0 Å². The Hall–Kier alpha value is -1.94. The van der Waals surface area contributed by atoms with Crippen LogP contribution in [-0.4, -0.2) is 29.0 Å². The highest BCUT2D eigenvalue weighted by Gasteiger charge is 2.21.